The van der Waals surface area contributed by atoms with E-state index >= 15 is 0 Å². The van der Waals surface area contributed by atoms with E-state index < -0.39 is 0 Å². The molecule has 0 radical (unpaired) electrons. The Balaban J connectivity index is 2.64. The lowest BCUT2D eigenvalue weighted by atomic mass is 10.2. The number of unbranched alkanes of at least 4 members (excludes halogenated alkanes) is 2. The second-order valence-corrected chi connectivity index (χ2v) is 4.34. The fraction of sp³-hybridized carbons (Fsp3) is 0.583. The topological polar surface area (TPSA) is 36.4 Å². The second kappa shape index (κ2) is 6.71. The second-order valence-electron chi connectivity index (χ2n) is 3.94. The summed E-state index contributed by atoms with van der Waals surface area (Å²) < 4.78 is 0. The molecule has 1 heterocycles. The Kier molecular flexibility index (Phi) is 5.56. The number of rotatable bonds is 6. The maximum Gasteiger partial charge on any atom is 0.147 e. The molecule has 0 saturated heterocycles. The number of aromatic nitrogens is 1. The molecule has 0 aromatic carbocycles. The number of hydrogen-bond acceptors (Lipinski definition) is 3. The molecule has 1 N–H and O–H groups in total. The van der Waals surface area contributed by atoms with Crippen LogP contribution < -0.4 is 4.90 Å². The summed E-state index contributed by atoms with van der Waals surface area (Å²) in [5.41, 5.74) is 0.746. The fourth-order valence-corrected chi connectivity index (χ4v) is 1.88. The molecule has 4 heteroatoms. The van der Waals surface area contributed by atoms with Crippen molar-refractivity contribution < 1.29 is 5.11 Å². The smallest absolute Gasteiger partial charge is 0.147 e. The minimum atomic E-state index is -0.0213. The molecule has 0 fully saturated rings. The van der Waals surface area contributed by atoms with Gasteiger partial charge < -0.3 is 10.0 Å². The van der Waals surface area contributed by atoms with Gasteiger partial charge in [-0.25, -0.2) is 4.98 Å². The largest absolute Gasteiger partial charge is 0.392 e. The molecular weight excluding hydrogens is 224 g/mol. The van der Waals surface area contributed by atoms with Crippen LogP contribution in [0.15, 0.2) is 12.3 Å². The SMILES string of the molecule is CCCCCN(C)c1ncc(CO)cc1Cl. The van der Waals surface area contributed by atoms with Gasteiger partial charge in [-0.1, -0.05) is 31.4 Å². The number of aliphatic hydroxyl groups is 1. The van der Waals surface area contributed by atoms with Gasteiger partial charge in [0, 0.05) is 19.8 Å². The summed E-state index contributed by atoms with van der Waals surface area (Å²) in [6.45, 7) is 3.12. The van der Waals surface area contributed by atoms with Gasteiger partial charge in [0.2, 0.25) is 0 Å². The highest BCUT2D eigenvalue weighted by Crippen LogP contribution is 2.23. The molecule has 16 heavy (non-hydrogen) atoms. The van der Waals surface area contributed by atoms with Gasteiger partial charge in [-0.15, -0.1) is 0 Å². The quantitative estimate of drug-likeness (QED) is 0.780. The molecule has 0 aliphatic carbocycles. The van der Waals surface area contributed by atoms with Crippen molar-refractivity contribution in [1.82, 2.24) is 4.98 Å². The predicted octanol–water partition coefficient (Wildman–Crippen LogP) is 2.85. The maximum atomic E-state index is 8.95. The average Bonchev–Trinajstić information content (AvgIpc) is 2.29. The molecule has 0 unspecified atom stereocenters. The summed E-state index contributed by atoms with van der Waals surface area (Å²) in [4.78, 5) is 6.32. The summed E-state index contributed by atoms with van der Waals surface area (Å²) >= 11 is 6.10. The highest BCUT2D eigenvalue weighted by Gasteiger charge is 2.07. The Labute approximate surface area is 102 Å². The molecule has 1 rings (SSSR count). The third kappa shape index (κ3) is 3.65. The number of nitrogens with zero attached hydrogens (tertiary/aromatic N) is 2. The van der Waals surface area contributed by atoms with Crippen LogP contribution in [0.4, 0.5) is 5.82 Å². The van der Waals surface area contributed by atoms with Crippen molar-refractivity contribution in [1.29, 1.82) is 0 Å². The number of hydrogen-bond donors (Lipinski definition) is 1. The molecule has 3 nitrogen and oxygen atoms in total. The highest BCUT2D eigenvalue weighted by atomic mass is 35.5. The Bertz CT molecular complexity index is 331. The number of halogens is 1. The van der Waals surface area contributed by atoms with Gasteiger partial charge >= 0.3 is 0 Å². The van der Waals surface area contributed by atoms with Crippen LogP contribution in [0.1, 0.15) is 31.7 Å². The zero-order valence-corrected chi connectivity index (χ0v) is 10.7. The van der Waals surface area contributed by atoms with Crippen molar-refractivity contribution in [3.05, 3.63) is 22.8 Å². The van der Waals surface area contributed by atoms with Crippen molar-refractivity contribution in [2.24, 2.45) is 0 Å². The summed E-state index contributed by atoms with van der Waals surface area (Å²) in [6.07, 6.45) is 5.24. The third-order valence-electron chi connectivity index (χ3n) is 2.52. The van der Waals surface area contributed by atoms with Crippen LogP contribution in [0.5, 0.6) is 0 Å². The van der Waals surface area contributed by atoms with Crippen LogP contribution in [-0.2, 0) is 6.61 Å². The van der Waals surface area contributed by atoms with E-state index in [9.17, 15) is 0 Å². The van der Waals surface area contributed by atoms with E-state index in [0.717, 1.165) is 24.3 Å². The maximum absolute atomic E-state index is 8.95. The molecule has 90 valence electrons. The summed E-state index contributed by atoms with van der Waals surface area (Å²) in [5.74, 6) is 0.787. The Morgan fingerprint density at radius 3 is 2.75 bits per heavy atom. The van der Waals surface area contributed by atoms with Gasteiger partial charge in [0.1, 0.15) is 5.82 Å². The lowest BCUT2D eigenvalue weighted by molar-refractivity contribution is 0.281. The Morgan fingerprint density at radius 2 is 2.19 bits per heavy atom. The standard InChI is InChI=1S/C12H19ClN2O/c1-3-4-5-6-15(2)12-11(13)7-10(9-16)8-14-12/h7-8,16H,3-6,9H2,1-2H3. The van der Waals surface area contributed by atoms with E-state index in [1.54, 1.807) is 12.3 Å². The molecule has 1 aromatic heterocycles. The van der Waals surface area contributed by atoms with Crippen molar-refractivity contribution in [2.45, 2.75) is 32.8 Å². The average molecular weight is 243 g/mol. The van der Waals surface area contributed by atoms with Gasteiger partial charge in [0.25, 0.3) is 0 Å². The van der Waals surface area contributed by atoms with Gasteiger partial charge in [-0.3, -0.25) is 0 Å². The number of pyridine rings is 1. The first kappa shape index (κ1) is 13.3. The lowest BCUT2D eigenvalue weighted by Crippen LogP contribution is -2.20. The number of aliphatic hydroxyl groups excluding tert-OH is 1. The molecule has 0 bridgehead atoms. The minimum Gasteiger partial charge on any atom is -0.392 e. The van der Waals surface area contributed by atoms with E-state index in [1.165, 1.54) is 12.8 Å². The van der Waals surface area contributed by atoms with Crippen molar-refractivity contribution in [2.75, 3.05) is 18.5 Å². The molecule has 0 spiro atoms. The summed E-state index contributed by atoms with van der Waals surface area (Å²) in [5, 5.41) is 9.55. The van der Waals surface area contributed by atoms with Crippen molar-refractivity contribution >= 4 is 17.4 Å². The highest BCUT2D eigenvalue weighted by molar-refractivity contribution is 6.33. The summed E-state index contributed by atoms with van der Waals surface area (Å²) in [6, 6.07) is 1.76. The van der Waals surface area contributed by atoms with Crippen LogP contribution in [-0.4, -0.2) is 23.7 Å². The van der Waals surface area contributed by atoms with Crippen molar-refractivity contribution in [3.63, 3.8) is 0 Å². The zero-order chi connectivity index (χ0) is 12.0. The first-order valence-corrected chi connectivity index (χ1v) is 6.03. The molecule has 0 aliphatic heterocycles. The van der Waals surface area contributed by atoms with Crippen LogP contribution >= 0.6 is 11.6 Å². The van der Waals surface area contributed by atoms with E-state index in [4.69, 9.17) is 16.7 Å². The summed E-state index contributed by atoms with van der Waals surface area (Å²) in [7, 11) is 1.99. The van der Waals surface area contributed by atoms with Gasteiger partial charge in [0.05, 0.1) is 11.6 Å². The van der Waals surface area contributed by atoms with Crippen LogP contribution in [0.3, 0.4) is 0 Å². The molecule has 0 saturated carbocycles. The van der Waals surface area contributed by atoms with Crippen molar-refractivity contribution in [3.8, 4) is 0 Å². The van der Waals surface area contributed by atoms with E-state index in [2.05, 4.69) is 16.8 Å². The molecule has 0 atom stereocenters. The fourth-order valence-electron chi connectivity index (χ4n) is 1.54. The van der Waals surface area contributed by atoms with E-state index in [1.807, 2.05) is 7.05 Å². The Morgan fingerprint density at radius 1 is 1.44 bits per heavy atom. The van der Waals surface area contributed by atoms with Gasteiger partial charge in [0.15, 0.2) is 0 Å². The molecule has 0 amide bonds. The molecular formula is C12H19ClN2O. The number of anilines is 1. The van der Waals surface area contributed by atoms with Gasteiger partial charge in [-0.05, 0) is 18.1 Å². The molecule has 0 aliphatic rings. The van der Waals surface area contributed by atoms with Crippen LogP contribution in [0.25, 0.3) is 0 Å². The third-order valence-corrected chi connectivity index (χ3v) is 2.80. The molecule has 1 aromatic rings. The lowest BCUT2D eigenvalue weighted by Gasteiger charge is -2.19. The first-order valence-electron chi connectivity index (χ1n) is 5.65. The normalized spacial score (nSPS) is 10.5. The van der Waals surface area contributed by atoms with Gasteiger partial charge in [-0.2, -0.15) is 0 Å². The Hall–Kier alpha value is -0.800. The van der Waals surface area contributed by atoms with Crippen LogP contribution in [0, 0.1) is 0 Å². The minimum absolute atomic E-state index is 0.0213. The zero-order valence-electron chi connectivity index (χ0n) is 9.91. The first-order chi connectivity index (χ1) is 7.69. The van der Waals surface area contributed by atoms with E-state index in [-0.39, 0.29) is 6.61 Å². The van der Waals surface area contributed by atoms with Crippen LogP contribution in [0.2, 0.25) is 5.02 Å². The monoisotopic (exact) mass is 242 g/mol. The van der Waals surface area contributed by atoms with E-state index in [0.29, 0.717) is 5.02 Å². The predicted molar refractivity (Wildman–Crippen MR) is 68.0 cm³/mol.